The number of carbonyl (C=O) groups is 2. The Morgan fingerprint density at radius 2 is 1.88 bits per heavy atom. The van der Waals surface area contributed by atoms with E-state index in [0.717, 1.165) is 6.21 Å². The number of benzene rings is 1. The van der Waals surface area contributed by atoms with Gasteiger partial charge in [-0.25, -0.2) is 17.6 Å². The van der Waals surface area contributed by atoms with E-state index < -0.39 is 59.2 Å². The number of Topliss-reactive ketones (excluding diaryl/α,β-unsaturated/α-hetero) is 1. The summed E-state index contributed by atoms with van der Waals surface area (Å²) in [5.41, 5.74) is -1.15. The first kappa shape index (κ1) is 19.8. The zero-order chi connectivity index (χ0) is 18.4. The molecular weight excluding hydrogens is 334 g/mol. The number of halogens is 4. The van der Waals surface area contributed by atoms with Crippen LogP contribution in [0.25, 0.3) is 0 Å². The molecule has 0 aliphatic heterocycles. The van der Waals surface area contributed by atoms with Crippen molar-refractivity contribution in [3.05, 3.63) is 34.9 Å². The summed E-state index contributed by atoms with van der Waals surface area (Å²) in [6.07, 6.45) is 0.791. The first-order chi connectivity index (χ1) is 11.2. The van der Waals surface area contributed by atoms with Crippen LogP contribution in [0.1, 0.15) is 24.2 Å². The summed E-state index contributed by atoms with van der Waals surface area (Å²) >= 11 is 0. The van der Waals surface area contributed by atoms with Crippen LogP contribution in [0.5, 0.6) is 0 Å². The summed E-state index contributed by atoms with van der Waals surface area (Å²) in [6.45, 7) is 2.40. The quantitative estimate of drug-likeness (QED) is 0.155. The number of hydrogen-bond acceptors (Lipinski definition) is 5. The minimum absolute atomic E-state index is 0.110. The standard InChI is InChI=1S/C15H15F4NO4/c1-3-24-15(23)9(5-20-7(2)6-21)14(22)8-4-10(16)12(18)13(19)11(8)17/h4-5,7,9,21H,3,6H2,1-2H3/t7-,9?/m0/s1. The van der Waals surface area contributed by atoms with Crippen LogP contribution in [0.2, 0.25) is 0 Å². The number of esters is 1. The predicted molar refractivity (Wildman–Crippen MR) is 75.8 cm³/mol. The van der Waals surface area contributed by atoms with Gasteiger partial charge in [-0.1, -0.05) is 0 Å². The molecule has 1 aromatic carbocycles. The summed E-state index contributed by atoms with van der Waals surface area (Å²) in [7, 11) is 0. The summed E-state index contributed by atoms with van der Waals surface area (Å²) in [5, 5.41) is 8.88. The van der Waals surface area contributed by atoms with Gasteiger partial charge in [-0.05, 0) is 19.9 Å². The highest BCUT2D eigenvalue weighted by molar-refractivity contribution is 6.18. The Morgan fingerprint density at radius 3 is 2.42 bits per heavy atom. The maximum Gasteiger partial charge on any atom is 0.322 e. The molecule has 0 amide bonds. The second-order valence-corrected chi connectivity index (χ2v) is 4.77. The third-order valence-electron chi connectivity index (χ3n) is 2.94. The van der Waals surface area contributed by atoms with E-state index >= 15 is 0 Å². The van der Waals surface area contributed by atoms with Gasteiger partial charge in [0, 0.05) is 6.21 Å². The first-order valence-electron chi connectivity index (χ1n) is 6.92. The molecule has 0 aliphatic rings. The second-order valence-electron chi connectivity index (χ2n) is 4.77. The summed E-state index contributed by atoms with van der Waals surface area (Å²) in [5.74, 6) is -12.2. The lowest BCUT2D eigenvalue weighted by Gasteiger charge is -2.12. The fraction of sp³-hybridized carbons (Fsp3) is 0.400. The molecule has 0 aromatic heterocycles. The van der Waals surface area contributed by atoms with Gasteiger partial charge in [-0.2, -0.15) is 0 Å². The molecule has 5 nitrogen and oxygen atoms in total. The lowest BCUT2D eigenvalue weighted by Crippen LogP contribution is -2.29. The molecule has 1 unspecified atom stereocenters. The van der Waals surface area contributed by atoms with Gasteiger partial charge in [-0.3, -0.25) is 14.6 Å². The monoisotopic (exact) mass is 349 g/mol. The van der Waals surface area contributed by atoms with E-state index in [-0.39, 0.29) is 12.7 Å². The van der Waals surface area contributed by atoms with E-state index in [4.69, 9.17) is 5.11 Å². The third kappa shape index (κ3) is 4.38. The Morgan fingerprint density at radius 1 is 1.25 bits per heavy atom. The number of hydrogen-bond donors (Lipinski definition) is 1. The number of ketones is 1. The van der Waals surface area contributed by atoms with Gasteiger partial charge in [0.05, 0.1) is 24.8 Å². The van der Waals surface area contributed by atoms with Crippen molar-refractivity contribution >= 4 is 18.0 Å². The van der Waals surface area contributed by atoms with E-state index in [2.05, 4.69) is 9.73 Å². The molecule has 2 atom stereocenters. The smallest absolute Gasteiger partial charge is 0.322 e. The van der Waals surface area contributed by atoms with Crippen molar-refractivity contribution in [2.24, 2.45) is 10.9 Å². The van der Waals surface area contributed by atoms with Crippen LogP contribution < -0.4 is 0 Å². The van der Waals surface area contributed by atoms with Gasteiger partial charge in [0.2, 0.25) is 0 Å². The maximum atomic E-state index is 13.7. The minimum atomic E-state index is -2.17. The number of nitrogens with zero attached hydrogens (tertiary/aromatic N) is 1. The molecule has 24 heavy (non-hydrogen) atoms. The van der Waals surface area contributed by atoms with Gasteiger partial charge >= 0.3 is 5.97 Å². The van der Waals surface area contributed by atoms with Crippen LogP contribution in [0.4, 0.5) is 17.6 Å². The SMILES string of the molecule is CCOC(=O)C(C=N[C@@H](C)CO)C(=O)c1cc(F)c(F)c(F)c1F. The highest BCUT2D eigenvalue weighted by atomic mass is 19.2. The molecule has 0 aliphatic carbocycles. The number of ether oxygens (including phenoxy) is 1. The van der Waals surface area contributed by atoms with Crippen molar-refractivity contribution in [3.63, 3.8) is 0 Å². The molecule has 1 rings (SSSR count). The average molecular weight is 349 g/mol. The van der Waals surface area contributed by atoms with Crippen molar-refractivity contribution in [2.75, 3.05) is 13.2 Å². The van der Waals surface area contributed by atoms with E-state index in [1.54, 1.807) is 0 Å². The summed E-state index contributed by atoms with van der Waals surface area (Å²) in [6, 6.07) is -0.521. The van der Waals surface area contributed by atoms with Crippen LogP contribution in [-0.2, 0) is 9.53 Å². The Balaban J connectivity index is 3.31. The number of aliphatic imine (C=N–C) groups is 1. The van der Waals surface area contributed by atoms with Crippen LogP contribution in [0.3, 0.4) is 0 Å². The molecular formula is C15H15F4NO4. The third-order valence-corrected chi connectivity index (χ3v) is 2.94. The number of aliphatic hydroxyl groups is 1. The highest BCUT2D eigenvalue weighted by Gasteiger charge is 2.32. The zero-order valence-corrected chi connectivity index (χ0v) is 12.9. The Hall–Kier alpha value is -2.29. The first-order valence-corrected chi connectivity index (χ1v) is 6.92. The Labute approximate surface area is 135 Å². The Kier molecular flexibility index (Phi) is 7.02. The molecule has 0 heterocycles. The fourth-order valence-corrected chi connectivity index (χ4v) is 1.67. The molecule has 0 radical (unpaired) electrons. The highest BCUT2D eigenvalue weighted by Crippen LogP contribution is 2.21. The molecule has 132 valence electrons. The van der Waals surface area contributed by atoms with Crippen LogP contribution in [-0.4, -0.2) is 42.3 Å². The van der Waals surface area contributed by atoms with Crippen LogP contribution >= 0.6 is 0 Å². The topological polar surface area (TPSA) is 76.0 Å². The largest absolute Gasteiger partial charge is 0.465 e. The van der Waals surface area contributed by atoms with Gasteiger partial charge in [-0.15, -0.1) is 0 Å². The van der Waals surface area contributed by atoms with Crippen molar-refractivity contribution in [2.45, 2.75) is 19.9 Å². The van der Waals surface area contributed by atoms with Crippen molar-refractivity contribution in [1.82, 2.24) is 0 Å². The predicted octanol–water partition coefficient (Wildman–Crippen LogP) is 2.06. The van der Waals surface area contributed by atoms with Crippen LogP contribution in [0, 0.1) is 29.2 Å². The molecule has 1 aromatic rings. The number of carbonyl (C=O) groups excluding carboxylic acids is 2. The maximum absolute atomic E-state index is 13.7. The molecule has 0 saturated carbocycles. The number of rotatable bonds is 7. The van der Waals surface area contributed by atoms with Gasteiger partial charge in [0.15, 0.2) is 35.0 Å². The molecule has 9 heteroatoms. The van der Waals surface area contributed by atoms with Gasteiger partial charge in [0.1, 0.15) is 0 Å². The van der Waals surface area contributed by atoms with Crippen LogP contribution in [0.15, 0.2) is 11.1 Å². The van der Waals surface area contributed by atoms with Gasteiger partial charge < -0.3 is 9.84 Å². The molecule has 0 saturated heterocycles. The average Bonchev–Trinajstić information content (AvgIpc) is 2.56. The van der Waals surface area contributed by atoms with E-state index in [1.807, 2.05) is 0 Å². The van der Waals surface area contributed by atoms with Crippen molar-refractivity contribution in [1.29, 1.82) is 0 Å². The van der Waals surface area contributed by atoms with Crippen molar-refractivity contribution < 1.29 is 37.0 Å². The summed E-state index contributed by atoms with van der Waals surface area (Å²) in [4.78, 5) is 27.8. The van der Waals surface area contributed by atoms with E-state index in [0.29, 0.717) is 0 Å². The lowest BCUT2D eigenvalue weighted by molar-refractivity contribution is -0.144. The minimum Gasteiger partial charge on any atom is -0.465 e. The molecule has 0 spiro atoms. The van der Waals surface area contributed by atoms with E-state index in [9.17, 15) is 27.2 Å². The molecule has 0 bridgehead atoms. The van der Waals surface area contributed by atoms with E-state index in [1.165, 1.54) is 13.8 Å². The zero-order valence-electron chi connectivity index (χ0n) is 12.9. The Bertz CT molecular complexity index is 663. The normalized spacial score (nSPS) is 13.8. The number of aliphatic hydroxyl groups excluding tert-OH is 1. The molecule has 0 fully saturated rings. The fourth-order valence-electron chi connectivity index (χ4n) is 1.67. The summed E-state index contributed by atoms with van der Waals surface area (Å²) < 4.78 is 57.8. The lowest BCUT2D eigenvalue weighted by atomic mass is 9.97. The van der Waals surface area contributed by atoms with Gasteiger partial charge in [0.25, 0.3) is 0 Å². The van der Waals surface area contributed by atoms with Crippen molar-refractivity contribution in [3.8, 4) is 0 Å². The second kappa shape index (κ2) is 8.53. The molecule has 1 N–H and O–H groups in total.